The lowest BCUT2D eigenvalue weighted by Gasteiger charge is -2.14. The van der Waals surface area contributed by atoms with Crippen molar-refractivity contribution >= 4 is 11.8 Å². The summed E-state index contributed by atoms with van der Waals surface area (Å²) in [6.45, 7) is 4.36. The van der Waals surface area contributed by atoms with Crippen LogP contribution in [-0.4, -0.2) is 52.2 Å². The van der Waals surface area contributed by atoms with Gasteiger partial charge in [-0.1, -0.05) is 12.1 Å². The van der Waals surface area contributed by atoms with Gasteiger partial charge in [0, 0.05) is 36.0 Å². The third-order valence-electron chi connectivity index (χ3n) is 5.90. The van der Waals surface area contributed by atoms with Crippen LogP contribution in [-0.2, 0) is 13.0 Å². The van der Waals surface area contributed by atoms with E-state index >= 15 is 0 Å². The van der Waals surface area contributed by atoms with Crippen molar-refractivity contribution in [3.63, 3.8) is 0 Å². The number of nitrogens with one attached hydrogen (secondary N) is 3. The Hall–Kier alpha value is -4.48. The number of H-pyrrole nitrogens is 1. The summed E-state index contributed by atoms with van der Waals surface area (Å²) in [6.07, 6.45) is 6.40. The Morgan fingerprint density at radius 1 is 1.17 bits per heavy atom. The van der Waals surface area contributed by atoms with E-state index < -0.39 is 0 Å². The number of benzene rings is 1. The van der Waals surface area contributed by atoms with Gasteiger partial charge in [0.25, 0.3) is 11.8 Å². The first-order valence-corrected chi connectivity index (χ1v) is 11.3. The van der Waals surface area contributed by atoms with Gasteiger partial charge in [0.15, 0.2) is 0 Å². The second-order valence-electron chi connectivity index (χ2n) is 8.61. The molecule has 0 aliphatic heterocycles. The molecule has 3 aromatic heterocycles. The van der Waals surface area contributed by atoms with E-state index in [9.17, 15) is 9.59 Å². The summed E-state index contributed by atoms with van der Waals surface area (Å²) in [5.41, 5.74) is 4.17. The van der Waals surface area contributed by atoms with Gasteiger partial charge in [-0.3, -0.25) is 14.3 Å². The molecule has 5 rings (SSSR count). The van der Waals surface area contributed by atoms with Gasteiger partial charge in [0.05, 0.1) is 12.2 Å². The first-order valence-electron chi connectivity index (χ1n) is 11.3. The Balaban J connectivity index is 1.23. The minimum atomic E-state index is -0.390. The van der Waals surface area contributed by atoms with Crippen molar-refractivity contribution < 1.29 is 9.59 Å². The number of fused-ring (bicyclic) bond motifs is 1. The van der Waals surface area contributed by atoms with Gasteiger partial charge in [-0.15, -0.1) is 10.2 Å². The van der Waals surface area contributed by atoms with Gasteiger partial charge in [0.2, 0.25) is 5.82 Å². The molecule has 0 unspecified atom stereocenters. The van der Waals surface area contributed by atoms with Gasteiger partial charge >= 0.3 is 0 Å². The fraction of sp³-hybridized carbons (Fsp3) is 0.304. The fourth-order valence-electron chi connectivity index (χ4n) is 4.05. The van der Waals surface area contributed by atoms with Gasteiger partial charge in [-0.25, -0.2) is 9.97 Å². The van der Waals surface area contributed by atoms with Crippen molar-refractivity contribution in [1.29, 1.82) is 0 Å². The summed E-state index contributed by atoms with van der Waals surface area (Å²) in [5, 5.41) is 24.2. The van der Waals surface area contributed by atoms with Crippen LogP contribution in [0.3, 0.4) is 0 Å². The number of aromatic nitrogens is 8. The lowest BCUT2D eigenvalue weighted by molar-refractivity contribution is 0.0931. The molecule has 1 atom stereocenters. The molecule has 0 saturated heterocycles. The predicted octanol–water partition coefficient (Wildman–Crippen LogP) is 1.78. The van der Waals surface area contributed by atoms with Crippen molar-refractivity contribution in [3.8, 4) is 11.4 Å². The van der Waals surface area contributed by atoms with Gasteiger partial charge in [-0.2, -0.15) is 10.3 Å². The fourth-order valence-corrected chi connectivity index (χ4v) is 4.05. The maximum atomic E-state index is 12.9. The highest BCUT2D eigenvalue weighted by Crippen LogP contribution is 2.33. The molecule has 35 heavy (non-hydrogen) atoms. The Bertz CT molecular complexity index is 1360. The minimum Gasteiger partial charge on any atom is -0.347 e. The monoisotopic (exact) mass is 472 g/mol. The largest absolute Gasteiger partial charge is 0.347 e. The molecular formula is C23H24N10O2. The van der Waals surface area contributed by atoms with E-state index in [-0.39, 0.29) is 35.3 Å². The summed E-state index contributed by atoms with van der Waals surface area (Å²) in [5.74, 6) is -0.223. The average Bonchev–Trinajstić information content (AvgIpc) is 3.64. The minimum absolute atomic E-state index is 0.123. The number of amides is 2. The van der Waals surface area contributed by atoms with E-state index in [1.54, 1.807) is 6.20 Å². The third-order valence-corrected chi connectivity index (χ3v) is 5.90. The molecule has 0 spiro atoms. The number of tetrazole rings is 1. The van der Waals surface area contributed by atoms with Crippen molar-refractivity contribution in [2.24, 2.45) is 0 Å². The van der Waals surface area contributed by atoms with Crippen molar-refractivity contribution in [2.45, 2.75) is 45.3 Å². The molecule has 12 nitrogen and oxygen atoms in total. The molecule has 0 bridgehead atoms. The van der Waals surface area contributed by atoms with Crippen LogP contribution in [0.25, 0.3) is 11.4 Å². The van der Waals surface area contributed by atoms with E-state index in [0.717, 1.165) is 35.1 Å². The van der Waals surface area contributed by atoms with Gasteiger partial charge in [-0.05, 0) is 49.1 Å². The van der Waals surface area contributed by atoms with Crippen molar-refractivity contribution in [2.75, 3.05) is 0 Å². The molecule has 12 heteroatoms. The second kappa shape index (κ2) is 9.41. The molecule has 0 saturated carbocycles. The number of carbonyl (C=O) groups is 2. The quantitative estimate of drug-likeness (QED) is 0.367. The van der Waals surface area contributed by atoms with E-state index in [0.29, 0.717) is 12.4 Å². The van der Waals surface area contributed by atoms with E-state index in [1.807, 2.05) is 42.9 Å². The molecule has 1 aliphatic carbocycles. The Kier molecular flexibility index (Phi) is 6.00. The van der Waals surface area contributed by atoms with Crippen LogP contribution in [0.2, 0.25) is 0 Å². The first kappa shape index (κ1) is 22.3. The normalized spacial score (nSPS) is 14.7. The topological polar surface area (TPSA) is 156 Å². The predicted molar refractivity (Wildman–Crippen MR) is 124 cm³/mol. The number of nitrogens with zero attached hydrogens (tertiary/aromatic N) is 7. The number of hydrogen-bond acceptors (Lipinski definition) is 8. The molecule has 3 heterocycles. The summed E-state index contributed by atoms with van der Waals surface area (Å²) in [7, 11) is 0. The molecule has 178 valence electrons. The number of hydrogen-bond donors (Lipinski definition) is 3. The van der Waals surface area contributed by atoms with Gasteiger partial charge in [0.1, 0.15) is 17.7 Å². The summed E-state index contributed by atoms with van der Waals surface area (Å²) in [4.78, 5) is 33.6. The number of aryl methyl sites for hydroxylation is 1. The van der Waals surface area contributed by atoms with E-state index in [2.05, 4.69) is 46.3 Å². The zero-order chi connectivity index (χ0) is 24.4. The lowest BCUT2D eigenvalue weighted by atomic mass is 10.0. The van der Waals surface area contributed by atoms with Crippen LogP contribution < -0.4 is 10.6 Å². The highest BCUT2D eigenvalue weighted by molar-refractivity contribution is 5.97. The SMILES string of the molecule is CC(C)n1cc(CNC(=O)c2cc(C(=O)N[C@H]3CCc4cc(-c5nn[nH]n5)ccc43)ncn2)cn1. The highest BCUT2D eigenvalue weighted by atomic mass is 16.2. The molecule has 4 aromatic rings. The number of carbonyl (C=O) groups excluding carboxylic acids is 2. The Morgan fingerprint density at radius 2 is 2.00 bits per heavy atom. The van der Waals surface area contributed by atoms with Crippen LogP contribution in [0.4, 0.5) is 0 Å². The van der Waals surface area contributed by atoms with Crippen LogP contribution in [0.5, 0.6) is 0 Å². The summed E-state index contributed by atoms with van der Waals surface area (Å²) < 4.78 is 1.82. The molecule has 2 amide bonds. The third kappa shape index (κ3) is 4.76. The Morgan fingerprint density at radius 3 is 2.74 bits per heavy atom. The second-order valence-corrected chi connectivity index (χ2v) is 8.61. The van der Waals surface area contributed by atoms with Crippen LogP contribution >= 0.6 is 0 Å². The Labute approximate surface area is 200 Å². The molecule has 0 radical (unpaired) electrons. The maximum absolute atomic E-state index is 12.9. The maximum Gasteiger partial charge on any atom is 0.270 e. The molecule has 1 aromatic carbocycles. The lowest BCUT2D eigenvalue weighted by Crippen LogP contribution is -2.29. The first-order chi connectivity index (χ1) is 17.0. The van der Waals surface area contributed by atoms with E-state index in [1.165, 1.54) is 12.4 Å². The van der Waals surface area contributed by atoms with Crippen molar-refractivity contribution in [1.82, 2.24) is 51.0 Å². The summed E-state index contributed by atoms with van der Waals surface area (Å²) >= 11 is 0. The molecule has 1 aliphatic rings. The smallest absolute Gasteiger partial charge is 0.270 e. The molecular weight excluding hydrogens is 448 g/mol. The van der Waals surface area contributed by atoms with Crippen LogP contribution in [0.15, 0.2) is 43.0 Å². The standard InChI is InChI=1S/C23H24N10O2/c1-13(2)33-11-14(10-27-33)9-24-22(34)19-8-20(26-12-25-19)23(35)28-18-6-4-15-7-16(3-5-17(15)18)21-29-31-32-30-21/h3,5,7-8,10-13,18H,4,6,9H2,1-2H3,(H,24,34)(H,28,35)(H,29,30,31,32)/t18-/m0/s1. The van der Waals surface area contributed by atoms with Crippen LogP contribution in [0, 0.1) is 0 Å². The highest BCUT2D eigenvalue weighted by Gasteiger charge is 2.26. The molecule has 0 fully saturated rings. The number of rotatable bonds is 7. The zero-order valence-electron chi connectivity index (χ0n) is 19.3. The number of aromatic amines is 1. The van der Waals surface area contributed by atoms with Crippen molar-refractivity contribution in [3.05, 3.63) is 71.1 Å². The van der Waals surface area contributed by atoms with Crippen LogP contribution in [0.1, 0.15) is 70.0 Å². The van der Waals surface area contributed by atoms with Gasteiger partial charge < -0.3 is 10.6 Å². The average molecular weight is 473 g/mol. The zero-order valence-corrected chi connectivity index (χ0v) is 19.3. The summed E-state index contributed by atoms with van der Waals surface area (Å²) in [6, 6.07) is 7.39. The van der Waals surface area contributed by atoms with E-state index in [4.69, 9.17) is 0 Å². The molecule has 3 N–H and O–H groups in total.